The van der Waals surface area contributed by atoms with E-state index < -0.39 is 0 Å². The fourth-order valence-corrected chi connectivity index (χ4v) is 2.64. The van der Waals surface area contributed by atoms with E-state index in [2.05, 4.69) is 4.98 Å². The molecular weight excluding hydrogens is 270 g/mol. The number of fused-ring (bicyclic) bond motifs is 1. The highest BCUT2D eigenvalue weighted by atomic mass is 32.1. The first-order valence-electron chi connectivity index (χ1n) is 6.26. The summed E-state index contributed by atoms with van der Waals surface area (Å²) in [5.41, 5.74) is 5.49. The Kier molecular flexibility index (Phi) is 3.24. The number of hydrogen-bond donors (Lipinski definition) is 0. The zero-order valence-corrected chi connectivity index (χ0v) is 12.0. The molecule has 1 heterocycles. The molecule has 100 valence electrons. The molecule has 20 heavy (non-hydrogen) atoms. The van der Waals surface area contributed by atoms with Crippen LogP contribution in [0.5, 0.6) is 5.75 Å². The SMILES string of the molecule is Cc1ccc(OC(=O)c2ccc3ncsc3c2)cc1C. The van der Waals surface area contributed by atoms with Crippen molar-refractivity contribution in [2.24, 2.45) is 0 Å². The number of ether oxygens (including phenoxy) is 1. The van der Waals surface area contributed by atoms with Gasteiger partial charge in [0.25, 0.3) is 0 Å². The summed E-state index contributed by atoms with van der Waals surface area (Å²) in [7, 11) is 0. The molecule has 0 saturated carbocycles. The van der Waals surface area contributed by atoms with Crippen molar-refractivity contribution in [3.63, 3.8) is 0 Å². The molecule has 0 atom stereocenters. The quantitative estimate of drug-likeness (QED) is 0.524. The first-order chi connectivity index (χ1) is 9.63. The summed E-state index contributed by atoms with van der Waals surface area (Å²) in [6, 6.07) is 11.0. The smallest absolute Gasteiger partial charge is 0.343 e. The molecule has 0 aliphatic heterocycles. The van der Waals surface area contributed by atoms with Crippen LogP contribution in [-0.4, -0.2) is 11.0 Å². The molecule has 3 nitrogen and oxygen atoms in total. The van der Waals surface area contributed by atoms with E-state index in [1.165, 1.54) is 16.9 Å². The van der Waals surface area contributed by atoms with Gasteiger partial charge in [0, 0.05) is 0 Å². The predicted molar refractivity (Wildman–Crippen MR) is 80.5 cm³/mol. The van der Waals surface area contributed by atoms with Gasteiger partial charge in [-0.25, -0.2) is 9.78 Å². The average molecular weight is 283 g/mol. The van der Waals surface area contributed by atoms with E-state index in [0.717, 1.165) is 15.8 Å². The van der Waals surface area contributed by atoms with E-state index in [1.807, 2.05) is 44.2 Å². The lowest BCUT2D eigenvalue weighted by Gasteiger charge is -2.06. The number of nitrogens with zero attached hydrogens (tertiary/aromatic N) is 1. The number of hydrogen-bond acceptors (Lipinski definition) is 4. The summed E-state index contributed by atoms with van der Waals surface area (Å²) in [6.07, 6.45) is 0. The van der Waals surface area contributed by atoms with Crippen LogP contribution in [0.2, 0.25) is 0 Å². The van der Waals surface area contributed by atoms with Gasteiger partial charge in [-0.15, -0.1) is 11.3 Å². The molecule has 0 radical (unpaired) electrons. The normalized spacial score (nSPS) is 10.7. The van der Waals surface area contributed by atoms with Crippen molar-refractivity contribution in [3.8, 4) is 5.75 Å². The van der Waals surface area contributed by atoms with Crippen LogP contribution in [0, 0.1) is 13.8 Å². The van der Waals surface area contributed by atoms with Gasteiger partial charge in [0.15, 0.2) is 0 Å². The van der Waals surface area contributed by atoms with E-state index in [-0.39, 0.29) is 5.97 Å². The third-order valence-electron chi connectivity index (χ3n) is 3.26. The largest absolute Gasteiger partial charge is 0.423 e. The summed E-state index contributed by atoms with van der Waals surface area (Å²) >= 11 is 1.51. The van der Waals surface area contributed by atoms with E-state index in [4.69, 9.17) is 4.74 Å². The Morgan fingerprint density at radius 1 is 1.10 bits per heavy atom. The topological polar surface area (TPSA) is 39.2 Å². The molecule has 0 bridgehead atoms. The predicted octanol–water partition coefficient (Wildman–Crippen LogP) is 4.13. The van der Waals surface area contributed by atoms with E-state index in [9.17, 15) is 4.79 Å². The Morgan fingerprint density at radius 3 is 2.75 bits per heavy atom. The van der Waals surface area contributed by atoms with E-state index >= 15 is 0 Å². The van der Waals surface area contributed by atoms with Gasteiger partial charge in [0.05, 0.1) is 21.3 Å². The van der Waals surface area contributed by atoms with Gasteiger partial charge < -0.3 is 4.74 Å². The van der Waals surface area contributed by atoms with Crippen LogP contribution in [0.1, 0.15) is 21.5 Å². The van der Waals surface area contributed by atoms with Gasteiger partial charge in [-0.05, 0) is 55.3 Å². The van der Waals surface area contributed by atoms with Crippen LogP contribution in [-0.2, 0) is 0 Å². The maximum Gasteiger partial charge on any atom is 0.343 e. The van der Waals surface area contributed by atoms with Crippen LogP contribution in [0.25, 0.3) is 10.2 Å². The Labute approximate surface area is 120 Å². The molecule has 3 aromatic rings. The van der Waals surface area contributed by atoms with Crippen molar-refractivity contribution in [1.29, 1.82) is 0 Å². The first-order valence-corrected chi connectivity index (χ1v) is 7.14. The Hall–Kier alpha value is -2.20. The highest BCUT2D eigenvalue weighted by Gasteiger charge is 2.10. The molecule has 2 aromatic carbocycles. The summed E-state index contributed by atoms with van der Waals surface area (Å²) in [6.45, 7) is 4.02. The molecule has 0 saturated heterocycles. The summed E-state index contributed by atoms with van der Waals surface area (Å²) in [5, 5.41) is 0. The van der Waals surface area contributed by atoms with Crippen LogP contribution >= 0.6 is 11.3 Å². The minimum absolute atomic E-state index is 0.344. The minimum Gasteiger partial charge on any atom is -0.423 e. The second kappa shape index (κ2) is 5.06. The van der Waals surface area contributed by atoms with Gasteiger partial charge in [-0.1, -0.05) is 6.07 Å². The van der Waals surface area contributed by atoms with Crippen molar-refractivity contribution in [3.05, 3.63) is 58.6 Å². The highest BCUT2D eigenvalue weighted by molar-refractivity contribution is 7.16. The highest BCUT2D eigenvalue weighted by Crippen LogP contribution is 2.21. The van der Waals surface area contributed by atoms with Crippen molar-refractivity contribution < 1.29 is 9.53 Å². The summed E-state index contributed by atoms with van der Waals surface area (Å²) in [4.78, 5) is 16.3. The Balaban J connectivity index is 1.86. The third-order valence-corrected chi connectivity index (χ3v) is 4.05. The number of carbonyl (C=O) groups excluding carboxylic acids is 1. The van der Waals surface area contributed by atoms with E-state index in [1.54, 1.807) is 11.6 Å². The van der Waals surface area contributed by atoms with Gasteiger partial charge in [0.2, 0.25) is 0 Å². The lowest BCUT2D eigenvalue weighted by molar-refractivity contribution is 0.0735. The molecule has 1 aromatic heterocycles. The molecule has 0 amide bonds. The molecule has 3 rings (SSSR count). The summed E-state index contributed by atoms with van der Waals surface area (Å²) < 4.78 is 6.39. The maximum atomic E-state index is 12.1. The standard InChI is InChI=1S/C16H13NO2S/c1-10-3-5-13(7-11(10)2)19-16(18)12-4-6-14-15(8-12)20-9-17-14/h3-9H,1-2H3. The van der Waals surface area contributed by atoms with Crippen LogP contribution in [0.4, 0.5) is 0 Å². The molecule has 0 fully saturated rings. The van der Waals surface area contributed by atoms with Crippen LogP contribution < -0.4 is 4.74 Å². The van der Waals surface area contributed by atoms with Crippen molar-refractivity contribution >= 4 is 27.5 Å². The fourth-order valence-electron chi connectivity index (χ4n) is 1.93. The monoisotopic (exact) mass is 283 g/mol. The van der Waals surface area contributed by atoms with Crippen LogP contribution in [0.3, 0.4) is 0 Å². The Bertz CT molecular complexity index is 792. The molecule has 0 unspecified atom stereocenters. The molecule has 0 aliphatic carbocycles. The molecule has 0 aliphatic rings. The zero-order valence-electron chi connectivity index (χ0n) is 11.2. The van der Waals surface area contributed by atoms with Crippen molar-refractivity contribution in [2.45, 2.75) is 13.8 Å². The Morgan fingerprint density at radius 2 is 1.95 bits per heavy atom. The number of carbonyl (C=O) groups is 1. The number of aryl methyl sites for hydroxylation is 2. The first kappa shape index (κ1) is 12.8. The molecule has 4 heteroatoms. The fraction of sp³-hybridized carbons (Fsp3) is 0.125. The molecule has 0 spiro atoms. The number of benzene rings is 2. The third kappa shape index (κ3) is 2.42. The molecule has 0 N–H and O–H groups in total. The maximum absolute atomic E-state index is 12.1. The number of aromatic nitrogens is 1. The van der Waals surface area contributed by atoms with Crippen molar-refractivity contribution in [2.75, 3.05) is 0 Å². The number of esters is 1. The number of thiazole rings is 1. The van der Waals surface area contributed by atoms with Gasteiger partial charge in [0.1, 0.15) is 5.75 Å². The van der Waals surface area contributed by atoms with Gasteiger partial charge in [-0.2, -0.15) is 0 Å². The zero-order chi connectivity index (χ0) is 14.1. The average Bonchev–Trinajstić information content (AvgIpc) is 2.90. The minimum atomic E-state index is -0.344. The summed E-state index contributed by atoms with van der Waals surface area (Å²) in [5.74, 6) is 0.228. The van der Waals surface area contributed by atoms with Crippen LogP contribution in [0.15, 0.2) is 41.9 Å². The second-order valence-electron chi connectivity index (χ2n) is 4.67. The van der Waals surface area contributed by atoms with Gasteiger partial charge >= 0.3 is 5.97 Å². The van der Waals surface area contributed by atoms with Gasteiger partial charge in [-0.3, -0.25) is 0 Å². The second-order valence-corrected chi connectivity index (χ2v) is 5.56. The lowest BCUT2D eigenvalue weighted by Crippen LogP contribution is -2.08. The van der Waals surface area contributed by atoms with Crippen molar-refractivity contribution in [1.82, 2.24) is 4.98 Å². The number of rotatable bonds is 2. The lowest BCUT2D eigenvalue weighted by atomic mass is 10.1. The molecular formula is C16H13NO2S. The van der Waals surface area contributed by atoms with E-state index in [0.29, 0.717) is 11.3 Å².